The number of ether oxygens (including phenoxy) is 2. The highest BCUT2D eigenvalue weighted by Crippen LogP contribution is 2.28. The second kappa shape index (κ2) is 8.20. The molecule has 0 saturated carbocycles. The highest BCUT2D eigenvalue weighted by Gasteiger charge is 2.15. The third-order valence-corrected chi connectivity index (χ3v) is 3.76. The summed E-state index contributed by atoms with van der Waals surface area (Å²) in [6.45, 7) is 4.40. The second-order valence-corrected chi connectivity index (χ2v) is 5.33. The van der Waals surface area contributed by atoms with Crippen molar-refractivity contribution in [3.63, 3.8) is 0 Å². The molecule has 1 amide bonds. The summed E-state index contributed by atoms with van der Waals surface area (Å²) in [5.74, 6) is 1.29. The Morgan fingerprint density at radius 1 is 1.04 bits per heavy atom. The molecular weight excluding hydrogens is 302 g/mol. The Kier molecular flexibility index (Phi) is 6.01. The molecule has 4 nitrogen and oxygen atoms in total. The van der Waals surface area contributed by atoms with E-state index in [2.05, 4.69) is 0 Å². The van der Waals surface area contributed by atoms with E-state index in [0.29, 0.717) is 23.6 Å². The van der Waals surface area contributed by atoms with E-state index in [4.69, 9.17) is 9.47 Å². The molecule has 0 saturated heterocycles. The zero-order valence-corrected chi connectivity index (χ0v) is 14.6. The molecule has 2 aromatic rings. The quantitative estimate of drug-likeness (QED) is 0.749. The Bertz CT molecular complexity index is 723. The Morgan fingerprint density at radius 2 is 1.71 bits per heavy atom. The maximum Gasteiger partial charge on any atom is 0.253 e. The Balaban J connectivity index is 2.28. The fraction of sp³-hybridized carbons (Fsp3) is 0.250. The maximum atomic E-state index is 12.8. The van der Waals surface area contributed by atoms with E-state index in [1.54, 1.807) is 19.1 Å². The summed E-state index contributed by atoms with van der Waals surface area (Å²) in [6.07, 6.45) is 1.86. The van der Waals surface area contributed by atoms with E-state index in [1.807, 2.05) is 68.5 Å². The van der Waals surface area contributed by atoms with Gasteiger partial charge in [0.15, 0.2) is 11.5 Å². The van der Waals surface area contributed by atoms with Gasteiger partial charge in [0.1, 0.15) is 0 Å². The molecule has 2 aromatic carbocycles. The van der Waals surface area contributed by atoms with Crippen molar-refractivity contribution in [1.29, 1.82) is 0 Å². The molecule has 0 aromatic heterocycles. The maximum absolute atomic E-state index is 12.8. The van der Waals surface area contributed by atoms with Crippen molar-refractivity contribution in [1.82, 2.24) is 0 Å². The van der Waals surface area contributed by atoms with Crippen LogP contribution in [0.4, 0.5) is 5.69 Å². The van der Waals surface area contributed by atoms with Crippen LogP contribution in [0.3, 0.4) is 0 Å². The van der Waals surface area contributed by atoms with Crippen LogP contribution < -0.4 is 14.4 Å². The first-order valence-corrected chi connectivity index (χ1v) is 7.88. The SMILES string of the molecule is CCN(C(=O)/C(C)=C/c1ccc(OC)c(OC)c1)c1ccccc1. The number of likely N-dealkylation sites (N-methyl/N-ethyl adjacent to an activating group) is 1. The lowest BCUT2D eigenvalue weighted by Gasteiger charge is -2.21. The molecule has 0 bridgehead atoms. The zero-order chi connectivity index (χ0) is 17.5. The third-order valence-electron chi connectivity index (χ3n) is 3.76. The van der Waals surface area contributed by atoms with Crippen LogP contribution in [-0.2, 0) is 4.79 Å². The second-order valence-electron chi connectivity index (χ2n) is 5.33. The zero-order valence-electron chi connectivity index (χ0n) is 14.6. The molecule has 0 fully saturated rings. The van der Waals surface area contributed by atoms with Crippen LogP contribution in [0.1, 0.15) is 19.4 Å². The highest BCUT2D eigenvalue weighted by atomic mass is 16.5. The van der Waals surface area contributed by atoms with E-state index in [-0.39, 0.29) is 5.91 Å². The lowest BCUT2D eigenvalue weighted by molar-refractivity contribution is -0.115. The van der Waals surface area contributed by atoms with Gasteiger partial charge in [-0.05, 0) is 49.8 Å². The van der Waals surface area contributed by atoms with Gasteiger partial charge < -0.3 is 14.4 Å². The van der Waals surface area contributed by atoms with Crippen molar-refractivity contribution in [3.8, 4) is 11.5 Å². The molecule has 0 N–H and O–H groups in total. The molecule has 0 atom stereocenters. The number of hydrogen-bond donors (Lipinski definition) is 0. The van der Waals surface area contributed by atoms with Gasteiger partial charge in [0, 0.05) is 17.8 Å². The van der Waals surface area contributed by atoms with E-state index in [1.165, 1.54) is 0 Å². The topological polar surface area (TPSA) is 38.8 Å². The first kappa shape index (κ1) is 17.6. The van der Waals surface area contributed by atoms with Crippen molar-refractivity contribution in [2.45, 2.75) is 13.8 Å². The van der Waals surface area contributed by atoms with Crippen molar-refractivity contribution in [3.05, 3.63) is 59.7 Å². The van der Waals surface area contributed by atoms with Crippen LogP contribution in [0.15, 0.2) is 54.1 Å². The minimum absolute atomic E-state index is 0.0153. The highest BCUT2D eigenvalue weighted by molar-refractivity contribution is 6.07. The van der Waals surface area contributed by atoms with Crippen molar-refractivity contribution in [2.75, 3.05) is 25.7 Å². The van der Waals surface area contributed by atoms with Crippen LogP contribution in [0.5, 0.6) is 11.5 Å². The van der Waals surface area contributed by atoms with E-state index >= 15 is 0 Å². The first-order valence-electron chi connectivity index (χ1n) is 7.88. The largest absolute Gasteiger partial charge is 0.493 e. The molecule has 2 rings (SSSR count). The van der Waals surface area contributed by atoms with Gasteiger partial charge in [-0.2, -0.15) is 0 Å². The molecule has 4 heteroatoms. The molecule has 0 aliphatic carbocycles. The van der Waals surface area contributed by atoms with Crippen LogP contribution in [0.2, 0.25) is 0 Å². The Morgan fingerprint density at radius 3 is 2.29 bits per heavy atom. The fourth-order valence-electron chi connectivity index (χ4n) is 2.52. The van der Waals surface area contributed by atoms with Crippen LogP contribution >= 0.6 is 0 Å². The van der Waals surface area contributed by atoms with E-state index in [0.717, 1.165) is 11.3 Å². The number of rotatable bonds is 6. The number of methoxy groups -OCH3 is 2. The average Bonchev–Trinajstić information content (AvgIpc) is 2.63. The van der Waals surface area contributed by atoms with Crippen molar-refractivity contribution >= 4 is 17.7 Å². The Hall–Kier alpha value is -2.75. The molecular formula is C20H23NO3. The summed E-state index contributed by atoms with van der Waals surface area (Å²) in [4.78, 5) is 14.5. The minimum atomic E-state index is -0.0153. The standard InChI is InChI=1S/C20H23NO3/c1-5-21(17-9-7-6-8-10-17)20(22)15(2)13-16-11-12-18(23-3)19(14-16)24-4/h6-14H,5H2,1-4H3/b15-13+. The van der Waals surface area contributed by atoms with Crippen molar-refractivity contribution in [2.24, 2.45) is 0 Å². The van der Waals surface area contributed by atoms with E-state index < -0.39 is 0 Å². The average molecular weight is 325 g/mol. The summed E-state index contributed by atoms with van der Waals surface area (Å²) >= 11 is 0. The normalized spacial score (nSPS) is 11.1. The number of carbonyl (C=O) groups is 1. The summed E-state index contributed by atoms with van der Waals surface area (Å²) in [5, 5.41) is 0. The predicted octanol–water partition coefficient (Wildman–Crippen LogP) is 4.16. The van der Waals surface area contributed by atoms with Gasteiger partial charge in [-0.1, -0.05) is 24.3 Å². The van der Waals surface area contributed by atoms with Crippen LogP contribution in [0.25, 0.3) is 6.08 Å². The predicted molar refractivity (Wildman–Crippen MR) is 97.7 cm³/mol. The lowest BCUT2D eigenvalue weighted by Crippen LogP contribution is -2.31. The van der Waals surface area contributed by atoms with Gasteiger partial charge in [-0.3, -0.25) is 4.79 Å². The van der Waals surface area contributed by atoms with Crippen LogP contribution in [0, 0.1) is 0 Å². The van der Waals surface area contributed by atoms with Gasteiger partial charge in [-0.15, -0.1) is 0 Å². The smallest absolute Gasteiger partial charge is 0.253 e. The number of benzene rings is 2. The summed E-state index contributed by atoms with van der Waals surface area (Å²) in [5.41, 5.74) is 2.44. The number of nitrogens with zero attached hydrogens (tertiary/aromatic N) is 1. The number of carbonyl (C=O) groups excluding carboxylic acids is 1. The summed E-state index contributed by atoms with van der Waals surface area (Å²) < 4.78 is 10.5. The lowest BCUT2D eigenvalue weighted by atomic mass is 10.1. The monoisotopic (exact) mass is 325 g/mol. The molecule has 0 radical (unpaired) electrons. The van der Waals surface area contributed by atoms with Gasteiger partial charge in [-0.25, -0.2) is 0 Å². The number of anilines is 1. The molecule has 0 aliphatic rings. The fourth-order valence-corrected chi connectivity index (χ4v) is 2.52. The summed E-state index contributed by atoms with van der Waals surface area (Å²) in [6, 6.07) is 15.3. The molecule has 0 heterocycles. The Labute approximate surface area is 143 Å². The number of para-hydroxylation sites is 1. The minimum Gasteiger partial charge on any atom is -0.493 e. The van der Waals surface area contributed by atoms with Crippen LogP contribution in [-0.4, -0.2) is 26.7 Å². The van der Waals surface area contributed by atoms with Gasteiger partial charge in [0.25, 0.3) is 5.91 Å². The number of hydrogen-bond acceptors (Lipinski definition) is 3. The number of amides is 1. The summed E-state index contributed by atoms with van der Waals surface area (Å²) in [7, 11) is 3.19. The third kappa shape index (κ3) is 3.96. The van der Waals surface area contributed by atoms with E-state index in [9.17, 15) is 4.79 Å². The van der Waals surface area contributed by atoms with Gasteiger partial charge >= 0.3 is 0 Å². The van der Waals surface area contributed by atoms with Gasteiger partial charge in [0.05, 0.1) is 14.2 Å². The molecule has 126 valence electrons. The van der Waals surface area contributed by atoms with Crippen molar-refractivity contribution < 1.29 is 14.3 Å². The van der Waals surface area contributed by atoms with Gasteiger partial charge in [0.2, 0.25) is 0 Å². The molecule has 0 aliphatic heterocycles. The molecule has 0 unspecified atom stereocenters. The molecule has 24 heavy (non-hydrogen) atoms. The first-order chi connectivity index (χ1) is 11.6. The molecule has 0 spiro atoms.